The Kier molecular flexibility index (Phi) is 6.87. The second-order valence-corrected chi connectivity index (χ2v) is 9.32. The number of rotatable bonds is 7. The first-order valence-electron chi connectivity index (χ1n) is 12.4. The van der Waals surface area contributed by atoms with Crippen LogP contribution in [0.15, 0.2) is 83.7 Å². The van der Waals surface area contributed by atoms with Gasteiger partial charge < -0.3 is 4.74 Å². The zero-order valence-electron chi connectivity index (χ0n) is 21.1. The number of aromatic nitrogens is 2. The van der Waals surface area contributed by atoms with Gasteiger partial charge in [-0.3, -0.25) is 19.2 Å². The van der Waals surface area contributed by atoms with Gasteiger partial charge in [0.05, 0.1) is 25.6 Å². The van der Waals surface area contributed by atoms with Gasteiger partial charge in [0.15, 0.2) is 0 Å². The van der Waals surface area contributed by atoms with E-state index in [2.05, 4.69) is 53.1 Å². The fraction of sp³-hybridized carbons (Fsp3) is 0.267. The lowest BCUT2D eigenvalue weighted by molar-refractivity contribution is 0.189. The lowest BCUT2D eigenvalue weighted by Gasteiger charge is -2.38. The molecule has 0 saturated carbocycles. The van der Waals surface area contributed by atoms with E-state index in [0.29, 0.717) is 32.3 Å². The largest absolute Gasteiger partial charge is 0.494 e. The van der Waals surface area contributed by atoms with Crippen molar-refractivity contribution in [3.63, 3.8) is 0 Å². The number of hydrogen-bond acceptors (Lipinski definition) is 5. The summed E-state index contributed by atoms with van der Waals surface area (Å²) >= 11 is 0. The molecule has 1 aromatic heterocycles. The highest BCUT2D eigenvalue weighted by molar-refractivity contribution is 5.59. The minimum Gasteiger partial charge on any atom is -0.494 e. The molecule has 4 aromatic rings. The number of ether oxygens (including phenoxy) is 1. The molecule has 184 valence electrons. The van der Waals surface area contributed by atoms with Gasteiger partial charge in [-0.2, -0.15) is 0 Å². The third kappa shape index (κ3) is 5.04. The lowest BCUT2D eigenvalue weighted by atomic mass is 10.1. The monoisotopic (exact) mass is 480 g/mol. The summed E-state index contributed by atoms with van der Waals surface area (Å²) in [6, 6.07) is 26.7. The Labute approximate surface area is 212 Å². The van der Waals surface area contributed by atoms with Gasteiger partial charge in [-0.15, -0.1) is 0 Å². The Hall–Kier alpha value is -3.90. The fourth-order valence-electron chi connectivity index (χ4n) is 4.67. The molecule has 36 heavy (non-hydrogen) atoms. The molecule has 1 aliphatic heterocycles. The highest BCUT2D eigenvalue weighted by Gasteiger charge is 2.28. The van der Waals surface area contributed by atoms with Gasteiger partial charge in [0, 0.05) is 24.2 Å². The summed E-state index contributed by atoms with van der Waals surface area (Å²) in [6.45, 7) is 8.49. The highest BCUT2D eigenvalue weighted by atomic mass is 16.5. The summed E-state index contributed by atoms with van der Waals surface area (Å²) in [5.41, 5.74) is 6.07. The zero-order chi connectivity index (χ0) is 25.1. The molecule has 0 atom stereocenters. The Bertz CT molecular complexity index is 1380. The SMILES string of the molecule is CCOc1ccc(N2CN(Cc3ccc(C)cc3)Cn3c2nc(C)c(Cc2ccccc2)c3=O)cc1. The maximum Gasteiger partial charge on any atom is 0.259 e. The Morgan fingerprint density at radius 3 is 2.28 bits per heavy atom. The van der Waals surface area contributed by atoms with E-state index in [0.717, 1.165) is 34.8 Å². The molecule has 0 saturated heterocycles. The molecule has 2 heterocycles. The molecule has 6 nitrogen and oxygen atoms in total. The topological polar surface area (TPSA) is 50.6 Å². The third-order valence-electron chi connectivity index (χ3n) is 6.58. The van der Waals surface area contributed by atoms with Gasteiger partial charge in [0.2, 0.25) is 5.95 Å². The van der Waals surface area contributed by atoms with Crippen molar-refractivity contribution in [1.82, 2.24) is 14.5 Å². The number of hydrogen-bond donors (Lipinski definition) is 0. The highest BCUT2D eigenvalue weighted by Crippen LogP contribution is 2.30. The second kappa shape index (κ2) is 10.4. The minimum absolute atomic E-state index is 0.0193. The molecule has 5 rings (SSSR count). The van der Waals surface area contributed by atoms with E-state index in [-0.39, 0.29) is 5.56 Å². The van der Waals surface area contributed by atoms with Gasteiger partial charge in [0.25, 0.3) is 5.56 Å². The zero-order valence-corrected chi connectivity index (χ0v) is 21.1. The molecule has 0 aliphatic carbocycles. The standard InChI is InChI=1S/C30H32N4O2/c1-4-36-27-16-14-26(15-17-27)33-20-32(19-25-12-10-22(2)11-13-25)21-34-29(35)28(23(3)31-30(33)34)18-24-8-6-5-7-9-24/h5-17H,4,18-21H2,1-3H3. The fourth-order valence-corrected chi connectivity index (χ4v) is 4.67. The predicted molar refractivity (Wildman–Crippen MR) is 144 cm³/mol. The smallest absolute Gasteiger partial charge is 0.259 e. The van der Waals surface area contributed by atoms with E-state index in [1.807, 2.05) is 60.9 Å². The minimum atomic E-state index is 0.0193. The summed E-state index contributed by atoms with van der Waals surface area (Å²) in [4.78, 5) is 23.2. The second-order valence-electron chi connectivity index (χ2n) is 9.32. The average Bonchev–Trinajstić information content (AvgIpc) is 2.89. The van der Waals surface area contributed by atoms with Gasteiger partial charge >= 0.3 is 0 Å². The van der Waals surface area contributed by atoms with Crippen LogP contribution >= 0.6 is 0 Å². The molecule has 0 unspecified atom stereocenters. The van der Waals surface area contributed by atoms with Crippen molar-refractivity contribution in [2.45, 2.75) is 40.4 Å². The average molecular weight is 481 g/mol. The van der Waals surface area contributed by atoms with Crippen molar-refractivity contribution in [2.75, 3.05) is 18.2 Å². The Morgan fingerprint density at radius 1 is 0.861 bits per heavy atom. The lowest BCUT2D eigenvalue weighted by Crippen LogP contribution is -2.47. The van der Waals surface area contributed by atoms with Gasteiger partial charge in [0.1, 0.15) is 5.75 Å². The van der Waals surface area contributed by atoms with Crippen molar-refractivity contribution in [3.05, 3.63) is 117 Å². The first-order chi connectivity index (χ1) is 17.5. The van der Waals surface area contributed by atoms with Gasteiger partial charge in [-0.05, 0) is 56.2 Å². The van der Waals surface area contributed by atoms with Crippen LogP contribution in [0.25, 0.3) is 0 Å². The molecule has 0 N–H and O–H groups in total. The van der Waals surface area contributed by atoms with Gasteiger partial charge in [-0.1, -0.05) is 60.2 Å². The molecule has 1 aliphatic rings. The normalized spacial score (nSPS) is 13.5. The number of benzene rings is 3. The quantitative estimate of drug-likeness (QED) is 0.354. The summed E-state index contributed by atoms with van der Waals surface area (Å²) in [7, 11) is 0. The maximum absolute atomic E-state index is 13.8. The Balaban J connectivity index is 1.54. The number of nitrogens with zero attached hydrogens (tertiary/aromatic N) is 4. The summed E-state index contributed by atoms with van der Waals surface area (Å²) in [5, 5.41) is 0. The first-order valence-corrected chi connectivity index (χ1v) is 12.4. The number of fused-ring (bicyclic) bond motifs is 1. The van der Waals surface area contributed by atoms with Crippen LogP contribution in [0.3, 0.4) is 0 Å². The van der Waals surface area contributed by atoms with Crippen LogP contribution in [0, 0.1) is 13.8 Å². The molecule has 0 amide bonds. The van der Waals surface area contributed by atoms with Crippen LogP contribution in [0.5, 0.6) is 5.75 Å². The van der Waals surface area contributed by atoms with Crippen LogP contribution in [0.4, 0.5) is 11.6 Å². The third-order valence-corrected chi connectivity index (χ3v) is 6.58. The molecular formula is C30H32N4O2. The van der Waals surface area contributed by atoms with Gasteiger partial charge in [-0.25, -0.2) is 4.98 Å². The van der Waals surface area contributed by atoms with E-state index >= 15 is 0 Å². The molecule has 0 spiro atoms. The number of aryl methyl sites for hydroxylation is 2. The number of anilines is 2. The molecule has 6 heteroatoms. The van der Waals surface area contributed by atoms with E-state index in [1.165, 1.54) is 11.1 Å². The summed E-state index contributed by atoms with van der Waals surface area (Å²) in [6.07, 6.45) is 0.569. The molecular weight excluding hydrogens is 448 g/mol. The van der Waals surface area contributed by atoms with E-state index in [1.54, 1.807) is 0 Å². The summed E-state index contributed by atoms with van der Waals surface area (Å²) in [5.74, 6) is 1.51. The van der Waals surface area contributed by atoms with E-state index in [9.17, 15) is 4.79 Å². The van der Waals surface area contributed by atoms with Crippen molar-refractivity contribution in [2.24, 2.45) is 0 Å². The summed E-state index contributed by atoms with van der Waals surface area (Å²) < 4.78 is 7.46. The predicted octanol–water partition coefficient (Wildman–Crippen LogP) is 5.42. The van der Waals surface area contributed by atoms with Crippen molar-refractivity contribution >= 4 is 11.6 Å². The van der Waals surface area contributed by atoms with Crippen LogP contribution in [0.1, 0.15) is 34.9 Å². The maximum atomic E-state index is 13.8. The van der Waals surface area contributed by atoms with Crippen LogP contribution in [-0.2, 0) is 19.6 Å². The van der Waals surface area contributed by atoms with Crippen LogP contribution < -0.4 is 15.2 Å². The van der Waals surface area contributed by atoms with Crippen molar-refractivity contribution in [3.8, 4) is 5.75 Å². The van der Waals surface area contributed by atoms with E-state index in [4.69, 9.17) is 9.72 Å². The molecule has 0 fully saturated rings. The van der Waals surface area contributed by atoms with Crippen LogP contribution in [0.2, 0.25) is 0 Å². The van der Waals surface area contributed by atoms with Crippen LogP contribution in [-0.4, -0.2) is 27.7 Å². The molecule has 0 radical (unpaired) electrons. The van der Waals surface area contributed by atoms with E-state index < -0.39 is 0 Å². The molecule has 0 bridgehead atoms. The first kappa shape index (κ1) is 23.8. The Morgan fingerprint density at radius 2 is 1.58 bits per heavy atom. The van der Waals surface area contributed by atoms with Crippen molar-refractivity contribution in [1.29, 1.82) is 0 Å². The molecule has 3 aromatic carbocycles. The van der Waals surface area contributed by atoms with Crippen molar-refractivity contribution < 1.29 is 4.74 Å².